The van der Waals surface area contributed by atoms with Crippen LogP contribution >= 0.6 is 23.1 Å². The average molecular weight is 315 g/mol. The van der Waals surface area contributed by atoms with Crippen LogP contribution in [-0.2, 0) is 4.79 Å². The molecule has 1 amide bonds. The first kappa shape index (κ1) is 15.3. The van der Waals surface area contributed by atoms with Crippen LogP contribution in [0.5, 0.6) is 0 Å². The number of amides is 1. The number of hydrogen-bond donors (Lipinski definition) is 0. The monoisotopic (exact) mass is 315 g/mol. The standard InChI is InChI=1S/C12H17N3O3S2/c1-2-13-4-6-14(7-5-13)11(16)9-20-10-3-8-19-12(10)15(17)18/h3,8H,2,4-7,9H2,1H3. The second kappa shape index (κ2) is 7.05. The van der Waals surface area contributed by atoms with E-state index < -0.39 is 4.92 Å². The van der Waals surface area contributed by atoms with Gasteiger partial charge in [0.1, 0.15) is 0 Å². The summed E-state index contributed by atoms with van der Waals surface area (Å²) in [6.45, 7) is 6.44. The van der Waals surface area contributed by atoms with E-state index in [0.29, 0.717) is 4.90 Å². The van der Waals surface area contributed by atoms with Crippen molar-refractivity contribution in [1.29, 1.82) is 0 Å². The Morgan fingerprint density at radius 1 is 1.45 bits per heavy atom. The van der Waals surface area contributed by atoms with Crippen molar-refractivity contribution in [3.05, 3.63) is 21.6 Å². The lowest BCUT2D eigenvalue weighted by Crippen LogP contribution is -2.49. The molecule has 0 N–H and O–H groups in total. The molecule has 1 aromatic rings. The highest BCUT2D eigenvalue weighted by Crippen LogP contribution is 2.34. The molecule has 0 atom stereocenters. The van der Waals surface area contributed by atoms with Gasteiger partial charge in [0.2, 0.25) is 5.91 Å². The largest absolute Gasteiger partial charge is 0.339 e. The third-order valence-corrected chi connectivity index (χ3v) is 5.32. The summed E-state index contributed by atoms with van der Waals surface area (Å²) < 4.78 is 0. The van der Waals surface area contributed by atoms with Crippen LogP contribution in [0.25, 0.3) is 0 Å². The lowest BCUT2D eigenvalue weighted by Gasteiger charge is -2.34. The van der Waals surface area contributed by atoms with Crippen molar-refractivity contribution in [2.45, 2.75) is 11.8 Å². The fraction of sp³-hybridized carbons (Fsp3) is 0.583. The first-order valence-corrected chi connectivity index (χ1v) is 8.33. The Morgan fingerprint density at radius 3 is 2.75 bits per heavy atom. The Morgan fingerprint density at radius 2 is 2.15 bits per heavy atom. The molecule has 0 spiro atoms. The van der Waals surface area contributed by atoms with Crippen molar-refractivity contribution in [2.24, 2.45) is 0 Å². The summed E-state index contributed by atoms with van der Waals surface area (Å²) in [5, 5.41) is 12.6. The zero-order chi connectivity index (χ0) is 14.5. The van der Waals surface area contributed by atoms with Crippen LogP contribution in [-0.4, -0.2) is 59.1 Å². The van der Waals surface area contributed by atoms with Crippen molar-refractivity contribution in [1.82, 2.24) is 9.80 Å². The molecule has 1 aromatic heterocycles. The maximum absolute atomic E-state index is 12.1. The van der Waals surface area contributed by atoms with Gasteiger partial charge in [0.15, 0.2) is 0 Å². The van der Waals surface area contributed by atoms with Crippen molar-refractivity contribution >= 4 is 34.0 Å². The lowest BCUT2D eigenvalue weighted by atomic mass is 10.3. The average Bonchev–Trinajstić information content (AvgIpc) is 2.93. The maximum atomic E-state index is 12.1. The summed E-state index contributed by atoms with van der Waals surface area (Å²) in [4.78, 5) is 27.2. The molecule has 0 radical (unpaired) electrons. The molecule has 2 heterocycles. The van der Waals surface area contributed by atoms with Crippen LogP contribution < -0.4 is 0 Å². The van der Waals surface area contributed by atoms with Crippen LogP contribution in [0.2, 0.25) is 0 Å². The number of carbonyl (C=O) groups is 1. The van der Waals surface area contributed by atoms with Gasteiger partial charge in [0, 0.05) is 26.2 Å². The number of thioether (sulfide) groups is 1. The molecule has 20 heavy (non-hydrogen) atoms. The van der Waals surface area contributed by atoms with Gasteiger partial charge in [-0.15, -0.1) is 11.8 Å². The van der Waals surface area contributed by atoms with E-state index in [1.165, 1.54) is 11.8 Å². The Labute approximate surface area is 125 Å². The molecule has 1 aliphatic rings. The minimum atomic E-state index is -0.391. The number of likely N-dealkylation sites (N-methyl/N-ethyl adjacent to an activating group) is 1. The summed E-state index contributed by atoms with van der Waals surface area (Å²) in [5.41, 5.74) is 0. The minimum Gasteiger partial charge on any atom is -0.339 e. The highest BCUT2D eigenvalue weighted by Gasteiger charge is 2.22. The van der Waals surface area contributed by atoms with E-state index in [1.54, 1.807) is 11.4 Å². The first-order valence-electron chi connectivity index (χ1n) is 6.46. The fourth-order valence-electron chi connectivity index (χ4n) is 2.08. The van der Waals surface area contributed by atoms with Gasteiger partial charge in [0.25, 0.3) is 0 Å². The molecule has 0 unspecified atom stereocenters. The van der Waals surface area contributed by atoms with E-state index in [0.717, 1.165) is 44.1 Å². The van der Waals surface area contributed by atoms with Gasteiger partial charge < -0.3 is 9.80 Å². The molecular formula is C12H17N3O3S2. The first-order chi connectivity index (χ1) is 9.61. The Hall–Kier alpha value is -1.12. The van der Waals surface area contributed by atoms with Crippen LogP contribution in [0.15, 0.2) is 16.3 Å². The summed E-state index contributed by atoms with van der Waals surface area (Å²) in [6, 6.07) is 1.70. The van der Waals surface area contributed by atoms with Gasteiger partial charge in [-0.25, -0.2) is 0 Å². The highest BCUT2D eigenvalue weighted by molar-refractivity contribution is 8.00. The fourth-order valence-corrected chi connectivity index (χ4v) is 3.91. The summed E-state index contributed by atoms with van der Waals surface area (Å²) in [5.74, 6) is 0.329. The van der Waals surface area contributed by atoms with Crippen LogP contribution in [0.1, 0.15) is 6.92 Å². The van der Waals surface area contributed by atoms with Crippen LogP contribution in [0, 0.1) is 10.1 Å². The third-order valence-electron chi connectivity index (χ3n) is 3.30. The summed E-state index contributed by atoms with van der Waals surface area (Å²) in [7, 11) is 0. The normalized spacial score (nSPS) is 16.4. The third kappa shape index (κ3) is 3.71. The molecule has 2 rings (SSSR count). The SMILES string of the molecule is CCN1CCN(C(=O)CSc2ccsc2[N+](=O)[O-])CC1. The van der Waals surface area contributed by atoms with Gasteiger partial charge in [0.05, 0.1) is 15.6 Å². The van der Waals surface area contributed by atoms with E-state index in [-0.39, 0.29) is 16.7 Å². The Bertz CT molecular complexity index is 484. The minimum absolute atomic E-state index is 0.0613. The molecule has 0 aliphatic carbocycles. The number of hydrogen-bond acceptors (Lipinski definition) is 6. The number of nitrogens with zero attached hydrogens (tertiary/aromatic N) is 3. The van der Waals surface area contributed by atoms with E-state index in [2.05, 4.69) is 11.8 Å². The van der Waals surface area contributed by atoms with Crippen molar-refractivity contribution < 1.29 is 9.72 Å². The number of nitro groups is 1. The second-order valence-corrected chi connectivity index (χ2v) is 6.36. The Kier molecular flexibility index (Phi) is 5.38. The molecule has 8 heteroatoms. The van der Waals surface area contributed by atoms with Crippen LogP contribution in [0.3, 0.4) is 0 Å². The molecule has 110 valence electrons. The van der Waals surface area contributed by atoms with E-state index in [4.69, 9.17) is 0 Å². The molecule has 0 aromatic carbocycles. The smallest absolute Gasteiger partial charge is 0.337 e. The topological polar surface area (TPSA) is 66.7 Å². The predicted molar refractivity (Wildman–Crippen MR) is 80.4 cm³/mol. The second-order valence-electron chi connectivity index (χ2n) is 4.45. The zero-order valence-corrected chi connectivity index (χ0v) is 12.9. The molecular weight excluding hydrogens is 298 g/mol. The molecule has 1 aliphatic heterocycles. The molecule has 1 saturated heterocycles. The Balaban J connectivity index is 1.83. The number of rotatable bonds is 5. The molecule has 0 bridgehead atoms. The highest BCUT2D eigenvalue weighted by atomic mass is 32.2. The van der Waals surface area contributed by atoms with Crippen molar-refractivity contribution in [3.8, 4) is 0 Å². The van der Waals surface area contributed by atoms with Crippen molar-refractivity contribution in [2.75, 3.05) is 38.5 Å². The lowest BCUT2D eigenvalue weighted by molar-refractivity contribution is -0.382. The number of piperazine rings is 1. The number of thiophene rings is 1. The predicted octanol–water partition coefficient (Wildman–Crippen LogP) is 1.91. The van der Waals surface area contributed by atoms with Crippen LogP contribution in [0.4, 0.5) is 5.00 Å². The van der Waals surface area contributed by atoms with E-state index >= 15 is 0 Å². The zero-order valence-electron chi connectivity index (χ0n) is 11.3. The van der Waals surface area contributed by atoms with Crippen molar-refractivity contribution in [3.63, 3.8) is 0 Å². The summed E-state index contributed by atoms with van der Waals surface area (Å²) >= 11 is 2.35. The van der Waals surface area contributed by atoms with Gasteiger partial charge >= 0.3 is 5.00 Å². The van der Waals surface area contributed by atoms with Gasteiger partial charge in [-0.05, 0) is 18.0 Å². The van der Waals surface area contributed by atoms with Gasteiger partial charge in [-0.2, -0.15) is 0 Å². The van der Waals surface area contributed by atoms with E-state index in [9.17, 15) is 14.9 Å². The van der Waals surface area contributed by atoms with Gasteiger partial charge in [-0.3, -0.25) is 14.9 Å². The van der Waals surface area contributed by atoms with E-state index in [1.807, 2.05) is 4.90 Å². The molecule has 6 nitrogen and oxygen atoms in total. The maximum Gasteiger partial charge on any atom is 0.337 e. The number of carbonyl (C=O) groups excluding carboxylic acids is 1. The molecule has 0 saturated carbocycles. The summed E-state index contributed by atoms with van der Waals surface area (Å²) in [6.07, 6.45) is 0. The van der Waals surface area contributed by atoms with Gasteiger partial charge in [-0.1, -0.05) is 18.3 Å². The quantitative estimate of drug-likeness (QED) is 0.472. The molecule has 1 fully saturated rings.